The fourth-order valence-electron chi connectivity index (χ4n) is 1.93. The number of carbonyl (C=O) groups excluding carboxylic acids is 2. The van der Waals surface area contributed by atoms with Gasteiger partial charge in [0, 0.05) is 26.3 Å². The van der Waals surface area contributed by atoms with Crippen molar-refractivity contribution in [1.29, 1.82) is 0 Å². The first-order chi connectivity index (χ1) is 8.18. The highest BCUT2D eigenvalue weighted by Crippen LogP contribution is 2.08. The lowest BCUT2D eigenvalue weighted by Crippen LogP contribution is -2.39. The van der Waals surface area contributed by atoms with E-state index in [1.165, 1.54) is 17.3 Å². The predicted octanol–water partition coefficient (Wildman–Crippen LogP) is 0.104. The summed E-state index contributed by atoms with van der Waals surface area (Å²) in [5.74, 6) is -0.173. The fourth-order valence-corrected chi connectivity index (χ4v) is 1.93. The minimum Gasteiger partial charge on any atom is -0.341 e. The Bertz CT molecular complexity index is 396. The van der Waals surface area contributed by atoms with Gasteiger partial charge in [-0.05, 0) is 12.8 Å². The Hall–Kier alpha value is -1.85. The summed E-state index contributed by atoms with van der Waals surface area (Å²) in [5.41, 5.74) is 0.474. The minimum atomic E-state index is -0.189. The second kappa shape index (κ2) is 4.99. The summed E-state index contributed by atoms with van der Waals surface area (Å²) in [4.78, 5) is 26.9. The summed E-state index contributed by atoms with van der Waals surface area (Å²) >= 11 is 0. The number of likely N-dealkylation sites (N-methyl/N-ethyl adjacent to an activating group) is 1. The van der Waals surface area contributed by atoms with Gasteiger partial charge < -0.3 is 9.80 Å². The number of hydrogen-bond acceptors (Lipinski definition) is 3. The van der Waals surface area contributed by atoms with Crippen molar-refractivity contribution in [3.8, 4) is 0 Å². The fraction of sp³-hybridized carbons (Fsp3) is 0.545. The second-order valence-electron chi connectivity index (χ2n) is 4.24. The maximum Gasteiger partial charge on any atom is 0.257 e. The van der Waals surface area contributed by atoms with E-state index in [4.69, 9.17) is 0 Å². The lowest BCUT2D eigenvalue weighted by Gasteiger charge is -2.20. The van der Waals surface area contributed by atoms with Gasteiger partial charge in [0.1, 0.15) is 0 Å². The van der Waals surface area contributed by atoms with Crippen molar-refractivity contribution in [2.45, 2.75) is 12.8 Å². The van der Waals surface area contributed by atoms with E-state index in [1.54, 1.807) is 11.9 Å². The molecule has 0 aliphatic carbocycles. The number of nitrogens with one attached hydrogen (secondary N) is 1. The zero-order valence-corrected chi connectivity index (χ0v) is 9.85. The number of H-pyrrole nitrogens is 1. The first-order valence-corrected chi connectivity index (χ1v) is 5.70. The Labute approximate surface area is 99.6 Å². The number of likely N-dealkylation sites (tertiary alicyclic amines) is 1. The maximum absolute atomic E-state index is 11.9. The standard InChI is InChI=1S/C11H16N4O2/c1-14(11(17)9-6-12-13-7-9)8-10(16)15-4-2-3-5-15/h6-7H,2-5,8H2,1H3,(H,12,13). The molecule has 0 spiro atoms. The van der Waals surface area contributed by atoms with Crippen LogP contribution in [-0.2, 0) is 4.79 Å². The molecule has 1 aromatic heterocycles. The molecule has 0 bridgehead atoms. The first kappa shape index (κ1) is 11.6. The Morgan fingerprint density at radius 3 is 2.76 bits per heavy atom. The topological polar surface area (TPSA) is 69.3 Å². The molecule has 92 valence electrons. The summed E-state index contributed by atoms with van der Waals surface area (Å²) in [6, 6.07) is 0. The average Bonchev–Trinajstić information content (AvgIpc) is 3.00. The van der Waals surface area contributed by atoms with Crippen LogP contribution in [0.1, 0.15) is 23.2 Å². The van der Waals surface area contributed by atoms with Crippen LogP contribution in [-0.4, -0.2) is 58.5 Å². The highest BCUT2D eigenvalue weighted by molar-refractivity contribution is 5.95. The highest BCUT2D eigenvalue weighted by atomic mass is 16.2. The van der Waals surface area contributed by atoms with Crippen molar-refractivity contribution in [3.05, 3.63) is 18.0 Å². The van der Waals surface area contributed by atoms with Gasteiger partial charge in [-0.25, -0.2) is 0 Å². The van der Waals surface area contributed by atoms with Crippen molar-refractivity contribution >= 4 is 11.8 Å². The summed E-state index contributed by atoms with van der Waals surface area (Å²) in [6.07, 6.45) is 5.11. The molecule has 0 atom stereocenters. The molecule has 0 radical (unpaired) electrons. The lowest BCUT2D eigenvalue weighted by molar-refractivity contribution is -0.130. The molecule has 0 unspecified atom stereocenters. The van der Waals surface area contributed by atoms with E-state index in [9.17, 15) is 9.59 Å². The van der Waals surface area contributed by atoms with Crippen molar-refractivity contribution in [3.63, 3.8) is 0 Å². The van der Waals surface area contributed by atoms with E-state index >= 15 is 0 Å². The van der Waals surface area contributed by atoms with Crippen molar-refractivity contribution in [2.75, 3.05) is 26.7 Å². The van der Waals surface area contributed by atoms with Gasteiger partial charge in [0.2, 0.25) is 5.91 Å². The molecule has 2 rings (SSSR count). The van der Waals surface area contributed by atoms with Gasteiger partial charge in [-0.15, -0.1) is 0 Å². The molecule has 1 aliphatic heterocycles. The van der Waals surface area contributed by atoms with Crippen LogP contribution in [0.15, 0.2) is 12.4 Å². The first-order valence-electron chi connectivity index (χ1n) is 5.70. The molecule has 1 N–H and O–H groups in total. The van der Waals surface area contributed by atoms with E-state index in [2.05, 4.69) is 10.2 Å². The van der Waals surface area contributed by atoms with Crippen LogP contribution >= 0.6 is 0 Å². The molecule has 1 fully saturated rings. The maximum atomic E-state index is 11.9. The summed E-state index contributed by atoms with van der Waals surface area (Å²) in [7, 11) is 1.63. The molecule has 2 amide bonds. The lowest BCUT2D eigenvalue weighted by atomic mass is 10.3. The van der Waals surface area contributed by atoms with E-state index < -0.39 is 0 Å². The summed E-state index contributed by atoms with van der Waals surface area (Å²) in [5, 5.41) is 6.30. The van der Waals surface area contributed by atoms with Crippen LogP contribution in [0.5, 0.6) is 0 Å². The van der Waals surface area contributed by atoms with Crippen molar-refractivity contribution in [2.24, 2.45) is 0 Å². The molecule has 2 heterocycles. The molecule has 0 saturated carbocycles. The third-order valence-electron chi connectivity index (χ3n) is 2.92. The zero-order chi connectivity index (χ0) is 12.3. The number of aromatic amines is 1. The van der Waals surface area contributed by atoms with Crippen LogP contribution in [0.2, 0.25) is 0 Å². The van der Waals surface area contributed by atoms with E-state index in [0.29, 0.717) is 5.56 Å². The van der Waals surface area contributed by atoms with Gasteiger partial charge in [0.05, 0.1) is 18.3 Å². The van der Waals surface area contributed by atoms with Crippen LogP contribution < -0.4 is 0 Å². The van der Waals surface area contributed by atoms with Gasteiger partial charge in [-0.3, -0.25) is 14.7 Å². The molecule has 1 aromatic rings. The molecule has 6 nitrogen and oxygen atoms in total. The monoisotopic (exact) mass is 236 g/mol. The van der Waals surface area contributed by atoms with E-state index in [0.717, 1.165) is 25.9 Å². The molecule has 1 aliphatic rings. The van der Waals surface area contributed by atoms with E-state index in [1.807, 2.05) is 0 Å². The minimum absolute atomic E-state index is 0.0156. The molecular weight excluding hydrogens is 220 g/mol. The highest BCUT2D eigenvalue weighted by Gasteiger charge is 2.21. The Morgan fingerprint density at radius 2 is 2.18 bits per heavy atom. The van der Waals surface area contributed by atoms with Crippen molar-refractivity contribution < 1.29 is 9.59 Å². The van der Waals surface area contributed by atoms with Crippen LogP contribution in [0, 0.1) is 0 Å². The number of nitrogens with zero attached hydrogens (tertiary/aromatic N) is 3. The Morgan fingerprint density at radius 1 is 1.47 bits per heavy atom. The third kappa shape index (κ3) is 2.64. The number of rotatable bonds is 3. The molecular formula is C11H16N4O2. The quantitative estimate of drug-likeness (QED) is 0.809. The largest absolute Gasteiger partial charge is 0.341 e. The third-order valence-corrected chi connectivity index (χ3v) is 2.92. The number of hydrogen-bond donors (Lipinski definition) is 1. The Kier molecular flexibility index (Phi) is 3.41. The molecule has 6 heteroatoms. The number of aromatic nitrogens is 2. The number of amides is 2. The molecule has 0 aromatic carbocycles. The SMILES string of the molecule is CN(CC(=O)N1CCCC1)C(=O)c1cn[nH]c1. The molecule has 17 heavy (non-hydrogen) atoms. The van der Waals surface area contributed by atoms with Gasteiger partial charge in [-0.1, -0.05) is 0 Å². The normalized spacial score (nSPS) is 15.0. The van der Waals surface area contributed by atoms with Crippen LogP contribution in [0.4, 0.5) is 0 Å². The van der Waals surface area contributed by atoms with Gasteiger partial charge in [0.15, 0.2) is 0 Å². The van der Waals surface area contributed by atoms with Gasteiger partial charge >= 0.3 is 0 Å². The zero-order valence-electron chi connectivity index (χ0n) is 9.85. The average molecular weight is 236 g/mol. The van der Waals surface area contributed by atoms with Gasteiger partial charge in [-0.2, -0.15) is 5.10 Å². The van der Waals surface area contributed by atoms with Gasteiger partial charge in [0.25, 0.3) is 5.91 Å². The Balaban J connectivity index is 1.90. The predicted molar refractivity (Wildman–Crippen MR) is 61.4 cm³/mol. The summed E-state index contributed by atoms with van der Waals surface area (Å²) < 4.78 is 0. The second-order valence-corrected chi connectivity index (χ2v) is 4.24. The molecule has 1 saturated heterocycles. The summed E-state index contributed by atoms with van der Waals surface area (Å²) in [6.45, 7) is 1.75. The number of carbonyl (C=O) groups is 2. The van der Waals surface area contributed by atoms with Crippen molar-refractivity contribution in [1.82, 2.24) is 20.0 Å². The van der Waals surface area contributed by atoms with E-state index in [-0.39, 0.29) is 18.4 Å². The van der Waals surface area contributed by atoms with Crippen LogP contribution in [0.3, 0.4) is 0 Å². The van der Waals surface area contributed by atoms with Crippen LogP contribution in [0.25, 0.3) is 0 Å². The smallest absolute Gasteiger partial charge is 0.257 e.